The largest absolute Gasteiger partial charge is 0.360 e. The summed E-state index contributed by atoms with van der Waals surface area (Å²) in [6.45, 7) is 1.69. The van der Waals surface area contributed by atoms with Gasteiger partial charge in [-0.15, -0.1) is 11.8 Å². The van der Waals surface area contributed by atoms with E-state index in [1.54, 1.807) is 20.0 Å². The Labute approximate surface area is 149 Å². The number of hydrogen-bond donors (Lipinski definition) is 1. The molecule has 1 N–H and O–H groups in total. The van der Waals surface area contributed by atoms with Crippen LogP contribution in [0.15, 0.2) is 39.8 Å². The Kier molecular flexibility index (Phi) is 6.69. The smallest absolute Gasteiger partial charge is 0.245 e. The third-order valence-corrected chi connectivity index (χ3v) is 4.63. The molecule has 128 valence electrons. The molecule has 0 radical (unpaired) electrons. The van der Waals surface area contributed by atoms with Gasteiger partial charge in [0.1, 0.15) is 5.76 Å². The van der Waals surface area contributed by atoms with Crippen LogP contribution in [-0.4, -0.2) is 41.2 Å². The van der Waals surface area contributed by atoms with E-state index in [2.05, 4.69) is 10.5 Å². The first-order chi connectivity index (χ1) is 11.5. The van der Waals surface area contributed by atoms with Crippen molar-refractivity contribution in [2.45, 2.75) is 18.2 Å². The van der Waals surface area contributed by atoms with Crippen LogP contribution in [0.5, 0.6) is 0 Å². The van der Waals surface area contributed by atoms with E-state index < -0.39 is 0 Å². The van der Waals surface area contributed by atoms with Crippen molar-refractivity contribution >= 4 is 41.0 Å². The number of rotatable bonds is 7. The summed E-state index contributed by atoms with van der Waals surface area (Å²) in [6, 6.07) is 9.10. The van der Waals surface area contributed by atoms with Crippen LogP contribution in [0.3, 0.4) is 0 Å². The number of carbonyl (C=O) groups excluding carboxylic acids is 2. The van der Waals surface area contributed by atoms with Gasteiger partial charge >= 0.3 is 0 Å². The summed E-state index contributed by atoms with van der Waals surface area (Å²) in [4.78, 5) is 26.3. The van der Waals surface area contributed by atoms with Crippen LogP contribution >= 0.6 is 23.4 Å². The van der Waals surface area contributed by atoms with Gasteiger partial charge < -0.3 is 14.7 Å². The van der Waals surface area contributed by atoms with Crippen molar-refractivity contribution in [3.63, 3.8) is 0 Å². The molecule has 1 aromatic carbocycles. The quantitative estimate of drug-likeness (QED) is 0.760. The lowest BCUT2D eigenvalue weighted by Gasteiger charge is -2.16. The molecule has 24 heavy (non-hydrogen) atoms. The summed E-state index contributed by atoms with van der Waals surface area (Å²) in [5.41, 5.74) is 0. The molecule has 0 bridgehead atoms. The molecule has 0 fully saturated rings. The summed E-state index contributed by atoms with van der Waals surface area (Å²) in [5.74, 6) is 1.11. The van der Waals surface area contributed by atoms with E-state index in [0.717, 1.165) is 4.90 Å². The molecule has 1 aromatic heterocycles. The van der Waals surface area contributed by atoms with Gasteiger partial charge in [0.05, 0.1) is 11.6 Å². The van der Waals surface area contributed by atoms with E-state index >= 15 is 0 Å². The number of nitrogens with one attached hydrogen (secondary N) is 1. The number of aromatic nitrogens is 1. The molecule has 2 rings (SSSR count). The lowest BCUT2D eigenvalue weighted by molar-refractivity contribution is -0.132. The molecular formula is C16H18ClN3O3S. The normalized spacial score (nSPS) is 10.5. The minimum atomic E-state index is -0.321. The molecule has 6 nitrogen and oxygen atoms in total. The summed E-state index contributed by atoms with van der Waals surface area (Å²) in [6.07, 6.45) is 0.322. The van der Waals surface area contributed by atoms with Crippen molar-refractivity contribution in [2.24, 2.45) is 0 Å². The molecule has 2 aromatic rings. The number of aryl methyl sites for hydroxylation is 1. The van der Waals surface area contributed by atoms with Crippen LogP contribution in [0.4, 0.5) is 5.82 Å². The maximum atomic E-state index is 12.1. The highest BCUT2D eigenvalue weighted by molar-refractivity contribution is 7.99. The van der Waals surface area contributed by atoms with E-state index in [4.69, 9.17) is 16.1 Å². The van der Waals surface area contributed by atoms with E-state index in [-0.39, 0.29) is 18.4 Å². The number of amides is 2. The van der Waals surface area contributed by atoms with Crippen molar-refractivity contribution in [1.82, 2.24) is 10.1 Å². The van der Waals surface area contributed by atoms with Gasteiger partial charge in [-0.05, 0) is 19.1 Å². The van der Waals surface area contributed by atoms with Crippen molar-refractivity contribution in [3.05, 3.63) is 41.1 Å². The summed E-state index contributed by atoms with van der Waals surface area (Å²) in [7, 11) is 1.59. The molecule has 0 aliphatic rings. The van der Waals surface area contributed by atoms with Crippen LogP contribution in [-0.2, 0) is 9.59 Å². The van der Waals surface area contributed by atoms with Gasteiger partial charge in [-0.3, -0.25) is 9.59 Å². The summed E-state index contributed by atoms with van der Waals surface area (Å²) in [5, 5.41) is 6.92. The molecular weight excluding hydrogens is 350 g/mol. The number of carbonyl (C=O) groups is 2. The standard InChI is InChI=1S/C16H18ClN3O3S/c1-11-9-14(19-23-11)18-15(21)10-20(2)16(22)7-8-24-13-6-4-3-5-12(13)17/h3-6,9H,7-8,10H2,1-2H3,(H,18,19,21). The number of nitrogens with zero attached hydrogens (tertiary/aromatic N) is 2. The fourth-order valence-electron chi connectivity index (χ4n) is 1.91. The second-order valence-corrected chi connectivity index (χ2v) is 6.69. The fraction of sp³-hybridized carbons (Fsp3) is 0.312. The Balaban J connectivity index is 1.73. The Bertz CT molecular complexity index is 720. The van der Waals surface area contributed by atoms with Gasteiger partial charge in [0.25, 0.3) is 0 Å². The maximum Gasteiger partial charge on any atom is 0.245 e. The first-order valence-electron chi connectivity index (χ1n) is 7.30. The minimum absolute atomic E-state index is 0.0402. The number of hydrogen-bond acceptors (Lipinski definition) is 5. The van der Waals surface area contributed by atoms with E-state index in [1.807, 2.05) is 24.3 Å². The third-order valence-electron chi connectivity index (χ3n) is 3.11. The molecule has 1 heterocycles. The number of thioether (sulfide) groups is 1. The van der Waals surface area contributed by atoms with Gasteiger partial charge in [0.2, 0.25) is 11.8 Å². The van der Waals surface area contributed by atoms with Crippen LogP contribution in [0.25, 0.3) is 0 Å². The predicted molar refractivity (Wildman–Crippen MR) is 94.3 cm³/mol. The van der Waals surface area contributed by atoms with Crippen molar-refractivity contribution in [3.8, 4) is 0 Å². The SMILES string of the molecule is Cc1cc(NC(=O)CN(C)C(=O)CCSc2ccccc2Cl)no1. The van der Waals surface area contributed by atoms with Gasteiger partial charge in [0, 0.05) is 30.2 Å². The maximum absolute atomic E-state index is 12.1. The van der Waals surface area contributed by atoms with Crippen molar-refractivity contribution in [1.29, 1.82) is 0 Å². The highest BCUT2D eigenvalue weighted by Crippen LogP contribution is 2.26. The topological polar surface area (TPSA) is 75.4 Å². The third kappa shape index (κ3) is 5.58. The molecule has 0 unspecified atom stereocenters. The molecule has 0 aliphatic heterocycles. The Morgan fingerprint density at radius 3 is 2.79 bits per heavy atom. The number of benzene rings is 1. The van der Waals surface area contributed by atoms with Crippen LogP contribution in [0.2, 0.25) is 5.02 Å². The average molecular weight is 368 g/mol. The second kappa shape index (κ2) is 8.75. The van der Waals surface area contributed by atoms with Crippen molar-refractivity contribution < 1.29 is 14.1 Å². The molecule has 0 aliphatic carbocycles. The molecule has 2 amide bonds. The Morgan fingerprint density at radius 2 is 2.12 bits per heavy atom. The van der Waals surface area contributed by atoms with Gasteiger partial charge in [-0.2, -0.15) is 0 Å². The molecule has 0 saturated heterocycles. The van der Waals surface area contributed by atoms with E-state index in [9.17, 15) is 9.59 Å². The first-order valence-corrected chi connectivity index (χ1v) is 8.66. The van der Waals surface area contributed by atoms with Crippen LogP contribution < -0.4 is 5.32 Å². The van der Waals surface area contributed by atoms with E-state index in [0.29, 0.717) is 28.8 Å². The second-order valence-electron chi connectivity index (χ2n) is 5.15. The lowest BCUT2D eigenvalue weighted by atomic mass is 10.4. The molecule has 0 atom stereocenters. The zero-order valence-electron chi connectivity index (χ0n) is 13.4. The lowest BCUT2D eigenvalue weighted by Crippen LogP contribution is -2.35. The fourth-order valence-corrected chi connectivity index (χ4v) is 3.09. The number of anilines is 1. The molecule has 8 heteroatoms. The van der Waals surface area contributed by atoms with Gasteiger partial charge in [-0.25, -0.2) is 0 Å². The molecule has 0 spiro atoms. The zero-order chi connectivity index (χ0) is 17.5. The first kappa shape index (κ1) is 18.4. The van der Waals surface area contributed by atoms with Crippen LogP contribution in [0, 0.1) is 6.92 Å². The molecule has 0 saturated carbocycles. The zero-order valence-corrected chi connectivity index (χ0v) is 15.0. The highest BCUT2D eigenvalue weighted by Gasteiger charge is 2.14. The predicted octanol–water partition coefficient (Wildman–Crippen LogP) is 3.22. The van der Waals surface area contributed by atoms with Crippen molar-refractivity contribution in [2.75, 3.05) is 24.7 Å². The summed E-state index contributed by atoms with van der Waals surface area (Å²) >= 11 is 7.58. The minimum Gasteiger partial charge on any atom is -0.360 e. The van der Waals surface area contributed by atoms with Gasteiger partial charge in [0.15, 0.2) is 5.82 Å². The van der Waals surface area contributed by atoms with Gasteiger partial charge in [-0.1, -0.05) is 28.9 Å². The van der Waals surface area contributed by atoms with E-state index in [1.165, 1.54) is 16.7 Å². The highest BCUT2D eigenvalue weighted by atomic mass is 35.5. The Hall–Kier alpha value is -1.99. The Morgan fingerprint density at radius 1 is 1.38 bits per heavy atom. The monoisotopic (exact) mass is 367 g/mol. The summed E-state index contributed by atoms with van der Waals surface area (Å²) < 4.78 is 4.86. The number of halogens is 1. The number of likely N-dealkylation sites (N-methyl/N-ethyl adjacent to an activating group) is 1. The average Bonchev–Trinajstić information content (AvgIpc) is 2.93. The van der Waals surface area contributed by atoms with Crippen LogP contribution in [0.1, 0.15) is 12.2 Å².